The number of nitrogens with zero attached hydrogens (tertiary/aromatic N) is 1. The summed E-state index contributed by atoms with van der Waals surface area (Å²) in [4.78, 5) is 15.8. The Morgan fingerprint density at radius 1 is 1.12 bits per heavy atom. The summed E-state index contributed by atoms with van der Waals surface area (Å²) in [5, 5.41) is 4.18. The summed E-state index contributed by atoms with van der Waals surface area (Å²) in [6.07, 6.45) is 0. The van der Waals surface area contributed by atoms with Gasteiger partial charge in [0.2, 0.25) is 0 Å². The molecule has 1 amide bonds. The van der Waals surface area contributed by atoms with Crippen molar-refractivity contribution in [3.63, 3.8) is 0 Å². The maximum Gasteiger partial charge on any atom is 0.266 e. The van der Waals surface area contributed by atoms with Crippen LogP contribution in [-0.4, -0.2) is 18.5 Å². The van der Waals surface area contributed by atoms with Gasteiger partial charge in [0.05, 0.1) is 4.88 Å². The summed E-state index contributed by atoms with van der Waals surface area (Å²) in [6.45, 7) is 9.50. The van der Waals surface area contributed by atoms with Crippen LogP contribution in [0.5, 0.6) is 0 Å². The molecule has 0 radical (unpaired) electrons. The van der Waals surface area contributed by atoms with Crippen molar-refractivity contribution < 1.29 is 4.79 Å². The van der Waals surface area contributed by atoms with E-state index in [4.69, 9.17) is 0 Å². The van der Waals surface area contributed by atoms with Gasteiger partial charge in [0.15, 0.2) is 0 Å². The molecule has 0 aliphatic carbocycles. The van der Waals surface area contributed by atoms with Crippen LogP contribution in [0.25, 0.3) is 10.1 Å². The van der Waals surface area contributed by atoms with Gasteiger partial charge >= 0.3 is 0 Å². The van der Waals surface area contributed by atoms with Gasteiger partial charge in [-0.2, -0.15) is 0 Å². The van der Waals surface area contributed by atoms with E-state index >= 15 is 0 Å². The van der Waals surface area contributed by atoms with E-state index in [9.17, 15) is 4.79 Å². The molecule has 0 saturated carbocycles. The molecule has 2 aromatic carbocycles. The fourth-order valence-corrected chi connectivity index (χ4v) is 4.27. The average molecular weight is 353 g/mol. The third kappa shape index (κ3) is 3.54. The highest BCUT2D eigenvalue weighted by molar-refractivity contribution is 7.21. The average Bonchev–Trinajstić information content (AvgIpc) is 2.94. The van der Waals surface area contributed by atoms with Crippen molar-refractivity contribution in [1.82, 2.24) is 0 Å². The minimum absolute atomic E-state index is 0.0392. The number of hydrogen-bond donors (Lipinski definition) is 1. The van der Waals surface area contributed by atoms with Gasteiger partial charge in [-0.1, -0.05) is 18.2 Å². The van der Waals surface area contributed by atoms with Crippen LogP contribution in [-0.2, 0) is 0 Å². The summed E-state index contributed by atoms with van der Waals surface area (Å²) in [6, 6.07) is 16.7. The largest absolute Gasteiger partial charge is 0.369 e. The molecule has 4 heteroatoms. The molecule has 0 aliphatic rings. The molecular formula is C21H24N2OS. The molecule has 0 atom stereocenters. The smallest absolute Gasteiger partial charge is 0.266 e. The second-order valence-corrected chi connectivity index (χ2v) is 7.49. The Morgan fingerprint density at radius 3 is 2.40 bits per heavy atom. The van der Waals surface area contributed by atoms with Gasteiger partial charge < -0.3 is 10.2 Å². The number of nitrogens with one attached hydrogen (secondary N) is 1. The molecule has 0 spiro atoms. The first-order valence-corrected chi connectivity index (χ1v) is 9.49. The maximum absolute atomic E-state index is 12.7. The quantitative estimate of drug-likeness (QED) is 0.639. The fraction of sp³-hybridized carbons (Fsp3) is 0.286. The van der Waals surface area contributed by atoms with Gasteiger partial charge in [0.1, 0.15) is 0 Å². The zero-order valence-electron chi connectivity index (χ0n) is 15.2. The number of aryl methyl sites for hydroxylation is 1. The minimum Gasteiger partial charge on any atom is -0.369 e. The zero-order chi connectivity index (χ0) is 18.0. The highest BCUT2D eigenvalue weighted by Gasteiger charge is 2.15. The van der Waals surface area contributed by atoms with Crippen molar-refractivity contribution >= 4 is 38.7 Å². The molecule has 3 aromatic rings. The standard InChI is InChI=1S/C21H24N2OS/c1-5-23(14(2)3)17-12-10-16(11-13-17)22-21(24)20-15(4)18-8-6-7-9-19(18)25-20/h6-14H,5H2,1-4H3,(H,22,24). The molecule has 0 fully saturated rings. The molecule has 0 saturated heterocycles. The number of anilines is 2. The number of fused-ring (bicyclic) bond motifs is 1. The lowest BCUT2D eigenvalue weighted by molar-refractivity contribution is 0.103. The topological polar surface area (TPSA) is 32.3 Å². The Balaban J connectivity index is 1.79. The predicted octanol–water partition coefficient (Wildman–Crippen LogP) is 5.70. The SMILES string of the molecule is CCN(c1ccc(NC(=O)c2sc3ccccc3c2C)cc1)C(C)C. The normalized spacial score (nSPS) is 11.1. The van der Waals surface area contributed by atoms with Crippen molar-refractivity contribution in [3.8, 4) is 0 Å². The van der Waals surface area contributed by atoms with Crippen LogP contribution >= 0.6 is 11.3 Å². The molecule has 25 heavy (non-hydrogen) atoms. The van der Waals surface area contributed by atoms with Gasteiger partial charge in [-0.25, -0.2) is 0 Å². The van der Waals surface area contributed by atoms with Crippen molar-refractivity contribution in [2.75, 3.05) is 16.8 Å². The highest BCUT2D eigenvalue weighted by Crippen LogP contribution is 2.31. The monoisotopic (exact) mass is 352 g/mol. The molecule has 1 aromatic heterocycles. The molecular weight excluding hydrogens is 328 g/mol. The Kier molecular flexibility index (Phi) is 5.09. The molecule has 1 N–H and O–H groups in total. The number of amides is 1. The second-order valence-electron chi connectivity index (χ2n) is 6.43. The Morgan fingerprint density at radius 2 is 1.80 bits per heavy atom. The Bertz CT molecular complexity index is 881. The first kappa shape index (κ1) is 17.5. The molecule has 3 nitrogen and oxygen atoms in total. The first-order chi connectivity index (χ1) is 12.0. The number of hydrogen-bond acceptors (Lipinski definition) is 3. The number of carbonyl (C=O) groups excluding carboxylic acids is 1. The number of thiophene rings is 1. The van der Waals surface area contributed by atoms with Gasteiger partial charge in [-0.05, 0) is 69.0 Å². The highest BCUT2D eigenvalue weighted by atomic mass is 32.1. The number of rotatable bonds is 5. The van der Waals surface area contributed by atoms with Crippen molar-refractivity contribution in [2.24, 2.45) is 0 Å². The lowest BCUT2D eigenvalue weighted by Gasteiger charge is -2.27. The van der Waals surface area contributed by atoms with E-state index in [1.807, 2.05) is 31.2 Å². The third-order valence-electron chi connectivity index (χ3n) is 4.47. The summed E-state index contributed by atoms with van der Waals surface area (Å²) >= 11 is 1.55. The van der Waals surface area contributed by atoms with Crippen LogP contribution in [0.3, 0.4) is 0 Å². The van der Waals surface area contributed by atoms with Crippen LogP contribution in [0.4, 0.5) is 11.4 Å². The van der Waals surface area contributed by atoms with E-state index in [2.05, 4.69) is 55.3 Å². The molecule has 1 heterocycles. The maximum atomic E-state index is 12.7. The summed E-state index contributed by atoms with van der Waals surface area (Å²) < 4.78 is 1.15. The summed E-state index contributed by atoms with van der Waals surface area (Å²) in [5.41, 5.74) is 3.05. The van der Waals surface area contributed by atoms with E-state index in [0.717, 1.165) is 32.8 Å². The number of carbonyl (C=O) groups is 1. The summed E-state index contributed by atoms with van der Waals surface area (Å²) in [7, 11) is 0. The molecule has 0 unspecified atom stereocenters. The van der Waals surface area contributed by atoms with E-state index in [1.165, 1.54) is 5.69 Å². The van der Waals surface area contributed by atoms with Crippen LogP contribution in [0.15, 0.2) is 48.5 Å². The van der Waals surface area contributed by atoms with E-state index in [1.54, 1.807) is 11.3 Å². The number of benzene rings is 2. The van der Waals surface area contributed by atoms with Crippen LogP contribution < -0.4 is 10.2 Å². The predicted molar refractivity (Wildman–Crippen MR) is 109 cm³/mol. The fourth-order valence-electron chi connectivity index (χ4n) is 3.16. The lowest BCUT2D eigenvalue weighted by Crippen LogP contribution is -2.30. The Hall–Kier alpha value is -2.33. The first-order valence-electron chi connectivity index (χ1n) is 8.67. The van der Waals surface area contributed by atoms with Gasteiger partial charge in [-0.3, -0.25) is 4.79 Å². The van der Waals surface area contributed by atoms with Crippen LogP contribution in [0.2, 0.25) is 0 Å². The van der Waals surface area contributed by atoms with Crippen LogP contribution in [0, 0.1) is 6.92 Å². The third-order valence-corrected chi connectivity index (χ3v) is 5.74. The zero-order valence-corrected chi connectivity index (χ0v) is 16.0. The van der Waals surface area contributed by atoms with Crippen molar-refractivity contribution in [1.29, 1.82) is 0 Å². The van der Waals surface area contributed by atoms with E-state index < -0.39 is 0 Å². The van der Waals surface area contributed by atoms with Gasteiger partial charge in [0, 0.05) is 28.7 Å². The van der Waals surface area contributed by atoms with Crippen LogP contribution in [0.1, 0.15) is 36.0 Å². The lowest BCUT2D eigenvalue weighted by atomic mass is 10.1. The molecule has 0 bridgehead atoms. The van der Waals surface area contributed by atoms with E-state index in [-0.39, 0.29) is 5.91 Å². The van der Waals surface area contributed by atoms with Gasteiger partial charge in [-0.15, -0.1) is 11.3 Å². The minimum atomic E-state index is -0.0392. The molecule has 3 rings (SSSR count). The van der Waals surface area contributed by atoms with Crippen molar-refractivity contribution in [3.05, 3.63) is 59.0 Å². The molecule has 0 aliphatic heterocycles. The summed E-state index contributed by atoms with van der Waals surface area (Å²) in [5.74, 6) is -0.0392. The van der Waals surface area contributed by atoms with E-state index in [0.29, 0.717) is 6.04 Å². The van der Waals surface area contributed by atoms with Crippen molar-refractivity contribution in [2.45, 2.75) is 33.7 Å². The Labute approximate surface area is 153 Å². The second kappa shape index (κ2) is 7.28. The molecule has 130 valence electrons. The van der Waals surface area contributed by atoms with Gasteiger partial charge in [0.25, 0.3) is 5.91 Å².